The van der Waals surface area contributed by atoms with E-state index < -0.39 is 0 Å². The molecule has 1 heterocycles. The van der Waals surface area contributed by atoms with E-state index in [0.29, 0.717) is 6.54 Å². The van der Waals surface area contributed by atoms with E-state index in [2.05, 4.69) is 15.6 Å². The summed E-state index contributed by atoms with van der Waals surface area (Å²) in [7, 11) is 0. The van der Waals surface area contributed by atoms with Crippen LogP contribution in [0.3, 0.4) is 0 Å². The largest absolute Gasteiger partial charge is 0.336 e. The number of nitrogens with zero attached hydrogens (tertiary/aromatic N) is 1. The molecule has 0 aromatic carbocycles. The number of amides is 2. The molecular weight excluding hydrogens is 210 g/mol. The lowest BCUT2D eigenvalue weighted by molar-refractivity contribution is 0.237. The molecule has 1 rings (SSSR count). The third kappa shape index (κ3) is 4.29. The van der Waals surface area contributed by atoms with Gasteiger partial charge in [0.25, 0.3) is 0 Å². The first-order chi connectivity index (χ1) is 7.11. The van der Waals surface area contributed by atoms with Gasteiger partial charge in [0.05, 0.1) is 17.2 Å². The van der Waals surface area contributed by atoms with Gasteiger partial charge in [-0.2, -0.15) is 0 Å². The molecule has 0 aliphatic carbocycles. The Morgan fingerprint density at radius 3 is 2.93 bits per heavy atom. The zero-order valence-electron chi connectivity index (χ0n) is 9.33. The molecule has 0 fully saturated rings. The monoisotopic (exact) mass is 227 g/mol. The van der Waals surface area contributed by atoms with Gasteiger partial charge in [-0.25, -0.2) is 9.78 Å². The van der Waals surface area contributed by atoms with Crippen LogP contribution in [-0.4, -0.2) is 17.1 Å². The molecule has 0 spiro atoms. The average molecular weight is 227 g/mol. The summed E-state index contributed by atoms with van der Waals surface area (Å²) in [6.07, 6.45) is 0.934. The standard InChI is InChI=1S/C10H17N3OS/c1-4-7(2)12-10(14)11-5-9-6-15-8(3)13-9/h6-7H,4-5H2,1-3H3,(H2,11,12,14)/t7-/m0/s1. The van der Waals surface area contributed by atoms with Crippen molar-refractivity contribution in [1.29, 1.82) is 0 Å². The summed E-state index contributed by atoms with van der Waals surface area (Å²) in [4.78, 5) is 15.6. The van der Waals surface area contributed by atoms with Gasteiger partial charge in [-0.3, -0.25) is 0 Å². The number of nitrogens with one attached hydrogen (secondary N) is 2. The second kappa shape index (κ2) is 5.70. The summed E-state index contributed by atoms with van der Waals surface area (Å²) in [5.74, 6) is 0. The first-order valence-corrected chi connectivity index (χ1v) is 5.95. The molecule has 0 radical (unpaired) electrons. The smallest absolute Gasteiger partial charge is 0.315 e. The second-order valence-corrected chi connectivity index (χ2v) is 4.56. The van der Waals surface area contributed by atoms with Crippen LogP contribution in [0.1, 0.15) is 31.0 Å². The molecule has 0 saturated heterocycles. The first kappa shape index (κ1) is 12.0. The minimum absolute atomic E-state index is 0.130. The normalized spacial score (nSPS) is 12.2. The van der Waals surface area contributed by atoms with E-state index in [1.54, 1.807) is 11.3 Å². The molecule has 84 valence electrons. The Kier molecular flexibility index (Phi) is 4.55. The molecule has 0 aliphatic heterocycles. The Morgan fingerprint density at radius 1 is 1.67 bits per heavy atom. The van der Waals surface area contributed by atoms with Crippen molar-refractivity contribution >= 4 is 17.4 Å². The lowest BCUT2D eigenvalue weighted by atomic mass is 10.3. The zero-order chi connectivity index (χ0) is 11.3. The minimum Gasteiger partial charge on any atom is -0.336 e. The van der Waals surface area contributed by atoms with E-state index in [-0.39, 0.29) is 12.1 Å². The predicted molar refractivity (Wildman–Crippen MR) is 62.0 cm³/mol. The van der Waals surface area contributed by atoms with E-state index in [9.17, 15) is 4.79 Å². The minimum atomic E-state index is -0.130. The van der Waals surface area contributed by atoms with Crippen LogP contribution in [0.25, 0.3) is 0 Å². The summed E-state index contributed by atoms with van der Waals surface area (Å²) in [5.41, 5.74) is 0.914. The van der Waals surface area contributed by atoms with Gasteiger partial charge >= 0.3 is 6.03 Å². The Bertz CT molecular complexity index is 324. The van der Waals surface area contributed by atoms with Gasteiger partial charge in [0.1, 0.15) is 0 Å². The maximum atomic E-state index is 11.3. The van der Waals surface area contributed by atoms with Crippen LogP contribution in [0.5, 0.6) is 0 Å². The molecule has 0 bridgehead atoms. The molecule has 2 N–H and O–H groups in total. The van der Waals surface area contributed by atoms with Gasteiger partial charge in [0.2, 0.25) is 0 Å². The summed E-state index contributed by atoms with van der Waals surface area (Å²) >= 11 is 1.59. The molecule has 2 amide bonds. The lowest BCUT2D eigenvalue weighted by Gasteiger charge is -2.11. The molecule has 1 aromatic rings. The molecule has 0 unspecified atom stereocenters. The van der Waals surface area contributed by atoms with Gasteiger partial charge in [0, 0.05) is 11.4 Å². The highest BCUT2D eigenvalue weighted by atomic mass is 32.1. The van der Waals surface area contributed by atoms with Crippen molar-refractivity contribution in [3.8, 4) is 0 Å². The van der Waals surface area contributed by atoms with Crippen molar-refractivity contribution in [1.82, 2.24) is 15.6 Å². The molecule has 15 heavy (non-hydrogen) atoms. The van der Waals surface area contributed by atoms with Gasteiger partial charge in [-0.05, 0) is 20.3 Å². The molecule has 5 heteroatoms. The fraction of sp³-hybridized carbons (Fsp3) is 0.600. The summed E-state index contributed by atoms with van der Waals surface area (Å²) < 4.78 is 0. The van der Waals surface area contributed by atoms with Crippen LogP contribution in [0, 0.1) is 6.92 Å². The third-order valence-corrected chi connectivity index (χ3v) is 2.91. The second-order valence-electron chi connectivity index (χ2n) is 3.49. The van der Waals surface area contributed by atoms with Gasteiger partial charge in [-0.15, -0.1) is 11.3 Å². The van der Waals surface area contributed by atoms with Gasteiger partial charge in [0.15, 0.2) is 0 Å². The number of aryl methyl sites for hydroxylation is 1. The maximum absolute atomic E-state index is 11.3. The molecule has 1 aromatic heterocycles. The Labute approximate surface area is 94.1 Å². The van der Waals surface area contributed by atoms with Crippen molar-refractivity contribution in [2.75, 3.05) is 0 Å². The quantitative estimate of drug-likeness (QED) is 0.827. The maximum Gasteiger partial charge on any atom is 0.315 e. The Hall–Kier alpha value is -1.10. The fourth-order valence-electron chi connectivity index (χ4n) is 1.04. The van der Waals surface area contributed by atoms with E-state index in [4.69, 9.17) is 0 Å². The number of thiazole rings is 1. The third-order valence-electron chi connectivity index (χ3n) is 2.09. The molecule has 4 nitrogen and oxygen atoms in total. The highest BCUT2D eigenvalue weighted by Crippen LogP contribution is 2.06. The molecule has 0 saturated carbocycles. The van der Waals surface area contributed by atoms with Crippen LogP contribution < -0.4 is 10.6 Å². The van der Waals surface area contributed by atoms with Crippen molar-refractivity contribution in [2.24, 2.45) is 0 Å². The molecular formula is C10H17N3OS. The first-order valence-electron chi connectivity index (χ1n) is 5.07. The number of carbonyl (C=O) groups is 1. The van der Waals surface area contributed by atoms with Crippen molar-refractivity contribution < 1.29 is 4.79 Å². The van der Waals surface area contributed by atoms with Crippen LogP contribution >= 0.6 is 11.3 Å². The highest BCUT2D eigenvalue weighted by Gasteiger charge is 2.05. The highest BCUT2D eigenvalue weighted by molar-refractivity contribution is 7.09. The SMILES string of the molecule is CC[C@H](C)NC(=O)NCc1csc(C)n1. The van der Waals surface area contributed by atoms with Crippen LogP contribution in [-0.2, 0) is 6.54 Å². The van der Waals surface area contributed by atoms with Crippen LogP contribution in [0.15, 0.2) is 5.38 Å². The van der Waals surface area contributed by atoms with Crippen molar-refractivity contribution in [3.63, 3.8) is 0 Å². The Balaban J connectivity index is 2.28. The van der Waals surface area contributed by atoms with Crippen LogP contribution in [0.2, 0.25) is 0 Å². The van der Waals surface area contributed by atoms with Gasteiger partial charge in [-0.1, -0.05) is 6.92 Å². The van der Waals surface area contributed by atoms with E-state index in [0.717, 1.165) is 17.1 Å². The number of hydrogen-bond acceptors (Lipinski definition) is 3. The average Bonchev–Trinajstić information content (AvgIpc) is 2.61. The topological polar surface area (TPSA) is 54.0 Å². The lowest BCUT2D eigenvalue weighted by Crippen LogP contribution is -2.40. The number of aromatic nitrogens is 1. The molecule has 1 atom stereocenters. The summed E-state index contributed by atoms with van der Waals surface area (Å²) in [6.45, 7) is 6.46. The zero-order valence-corrected chi connectivity index (χ0v) is 10.1. The fourth-order valence-corrected chi connectivity index (χ4v) is 1.65. The van der Waals surface area contributed by atoms with Crippen molar-refractivity contribution in [2.45, 2.75) is 39.8 Å². The van der Waals surface area contributed by atoms with Crippen molar-refractivity contribution in [3.05, 3.63) is 16.1 Å². The van der Waals surface area contributed by atoms with Crippen LogP contribution in [0.4, 0.5) is 4.79 Å². The van der Waals surface area contributed by atoms with Gasteiger partial charge < -0.3 is 10.6 Å². The van der Waals surface area contributed by atoms with E-state index in [1.807, 2.05) is 26.2 Å². The van der Waals surface area contributed by atoms with E-state index in [1.165, 1.54) is 0 Å². The number of carbonyl (C=O) groups excluding carboxylic acids is 1. The molecule has 0 aliphatic rings. The number of urea groups is 1. The summed E-state index contributed by atoms with van der Waals surface area (Å²) in [5, 5.41) is 8.58. The number of rotatable bonds is 4. The summed E-state index contributed by atoms with van der Waals surface area (Å²) in [6, 6.07) is 0.0807. The predicted octanol–water partition coefficient (Wildman–Crippen LogP) is 2.05. The Morgan fingerprint density at radius 2 is 2.40 bits per heavy atom. The van der Waals surface area contributed by atoms with E-state index >= 15 is 0 Å². The number of hydrogen-bond donors (Lipinski definition) is 2.